The van der Waals surface area contributed by atoms with Crippen LogP contribution in [-0.4, -0.2) is 46.9 Å². The smallest absolute Gasteiger partial charge is 0.327 e. The van der Waals surface area contributed by atoms with Crippen molar-refractivity contribution < 1.29 is 28.3 Å². The molecule has 1 heterocycles. The molecule has 1 fully saturated rings. The Kier molecular flexibility index (Phi) is 5.50. The quantitative estimate of drug-likeness (QED) is 0.592. The molecule has 0 radical (unpaired) electrons. The zero-order valence-electron chi connectivity index (χ0n) is 14.3. The Morgan fingerprint density at radius 1 is 1.38 bits per heavy atom. The van der Waals surface area contributed by atoms with E-state index in [9.17, 15) is 23.6 Å². The van der Waals surface area contributed by atoms with Gasteiger partial charge in [-0.05, 0) is 39.0 Å². The van der Waals surface area contributed by atoms with Gasteiger partial charge in [-0.25, -0.2) is 9.18 Å². The van der Waals surface area contributed by atoms with Crippen molar-refractivity contribution in [3.05, 3.63) is 29.0 Å². The summed E-state index contributed by atoms with van der Waals surface area (Å²) >= 11 is 5.81. The molecule has 0 unspecified atom stereocenters. The van der Waals surface area contributed by atoms with E-state index in [4.69, 9.17) is 16.3 Å². The van der Waals surface area contributed by atoms with Crippen molar-refractivity contribution in [2.75, 3.05) is 11.9 Å². The number of carbonyl (C=O) groups excluding carboxylic acids is 4. The number of esters is 1. The van der Waals surface area contributed by atoms with Gasteiger partial charge in [0.2, 0.25) is 0 Å². The fraction of sp³-hybridized carbons (Fsp3) is 0.375. The maximum absolute atomic E-state index is 13.0. The van der Waals surface area contributed by atoms with Gasteiger partial charge in [-0.3, -0.25) is 19.3 Å². The van der Waals surface area contributed by atoms with Crippen LogP contribution in [0.3, 0.4) is 0 Å². The molecule has 1 aromatic carbocycles. The molecule has 0 spiro atoms. The second-order valence-corrected chi connectivity index (χ2v) is 6.60. The van der Waals surface area contributed by atoms with Gasteiger partial charge < -0.3 is 15.4 Å². The summed E-state index contributed by atoms with van der Waals surface area (Å²) < 4.78 is 17.9. The van der Waals surface area contributed by atoms with E-state index in [1.165, 1.54) is 26.8 Å². The number of hydrogen-bond donors (Lipinski definition) is 2. The summed E-state index contributed by atoms with van der Waals surface area (Å²) in [7, 11) is 0. The fourth-order valence-electron chi connectivity index (χ4n) is 2.20. The van der Waals surface area contributed by atoms with Gasteiger partial charge in [-0.15, -0.1) is 0 Å². The Morgan fingerprint density at radius 2 is 2.04 bits per heavy atom. The van der Waals surface area contributed by atoms with Crippen LogP contribution in [-0.2, 0) is 19.1 Å². The van der Waals surface area contributed by atoms with Crippen LogP contribution in [0.25, 0.3) is 0 Å². The van der Waals surface area contributed by atoms with Crippen LogP contribution in [0.2, 0.25) is 5.02 Å². The zero-order chi connectivity index (χ0) is 19.6. The SMILES string of the molecule is C[C@@H](OC(=O)CN1C(=O)NC(C)(C)C1=O)C(=O)Nc1ccc(F)cc1Cl. The third-order valence-electron chi connectivity index (χ3n) is 3.60. The van der Waals surface area contributed by atoms with Gasteiger partial charge in [0.15, 0.2) is 6.10 Å². The van der Waals surface area contributed by atoms with Crippen LogP contribution in [0.15, 0.2) is 18.2 Å². The Labute approximate surface area is 153 Å². The highest BCUT2D eigenvalue weighted by atomic mass is 35.5. The summed E-state index contributed by atoms with van der Waals surface area (Å²) in [5.74, 6) is -2.78. The number of amides is 4. The number of benzene rings is 1. The lowest BCUT2D eigenvalue weighted by Crippen LogP contribution is -2.42. The zero-order valence-corrected chi connectivity index (χ0v) is 15.0. The normalized spacial score (nSPS) is 16.9. The Morgan fingerprint density at radius 3 is 2.58 bits per heavy atom. The molecule has 10 heteroatoms. The van der Waals surface area contributed by atoms with E-state index in [2.05, 4.69) is 10.6 Å². The number of imide groups is 1. The molecule has 0 aromatic heterocycles. The molecule has 1 saturated heterocycles. The van der Waals surface area contributed by atoms with Gasteiger partial charge >= 0.3 is 12.0 Å². The number of anilines is 1. The summed E-state index contributed by atoms with van der Waals surface area (Å²) in [6.45, 7) is 3.69. The van der Waals surface area contributed by atoms with Crippen LogP contribution >= 0.6 is 11.6 Å². The highest BCUT2D eigenvalue weighted by Gasteiger charge is 2.45. The second kappa shape index (κ2) is 7.28. The molecule has 1 aliphatic rings. The summed E-state index contributed by atoms with van der Waals surface area (Å²) in [4.78, 5) is 48.4. The monoisotopic (exact) mass is 385 g/mol. The lowest BCUT2D eigenvalue weighted by atomic mass is 10.1. The molecule has 140 valence electrons. The average molecular weight is 386 g/mol. The van der Waals surface area contributed by atoms with E-state index >= 15 is 0 Å². The minimum Gasteiger partial charge on any atom is -0.451 e. The molecule has 2 N–H and O–H groups in total. The molecule has 1 atom stereocenters. The molecule has 26 heavy (non-hydrogen) atoms. The van der Waals surface area contributed by atoms with Gasteiger partial charge in [0.25, 0.3) is 11.8 Å². The first-order valence-corrected chi connectivity index (χ1v) is 7.98. The van der Waals surface area contributed by atoms with Gasteiger partial charge in [-0.2, -0.15) is 0 Å². The van der Waals surface area contributed by atoms with Crippen molar-refractivity contribution in [1.82, 2.24) is 10.2 Å². The third-order valence-corrected chi connectivity index (χ3v) is 3.91. The minimum atomic E-state index is -1.22. The van der Waals surface area contributed by atoms with Crippen LogP contribution < -0.4 is 10.6 Å². The van der Waals surface area contributed by atoms with E-state index < -0.39 is 47.8 Å². The van der Waals surface area contributed by atoms with Gasteiger partial charge in [-0.1, -0.05) is 11.6 Å². The number of halogens is 2. The molecular formula is C16H17ClFN3O5. The van der Waals surface area contributed by atoms with Crippen molar-refractivity contribution in [3.8, 4) is 0 Å². The Hall–Kier alpha value is -2.68. The van der Waals surface area contributed by atoms with E-state index in [-0.39, 0.29) is 10.7 Å². The third kappa shape index (κ3) is 4.29. The minimum absolute atomic E-state index is 0.0153. The van der Waals surface area contributed by atoms with Gasteiger partial charge in [0, 0.05) is 0 Å². The number of carbonyl (C=O) groups is 4. The molecule has 8 nitrogen and oxygen atoms in total. The molecule has 0 bridgehead atoms. The van der Waals surface area contributed by atoms with Gasteiger partial charge in [0.05, 0.1) is 10.7 Å². The maximum Gasteiger partial charge on any atom is 0.327 e. The van der Waals surface area contributed by atoms with Crippen molar-refractivity contribution in [1.29, 1.82) is 0 Å². The van der Waals surface area contributed by atoms with Crippen molar-refractivity contribution in [3.63, 3.8) is 0 Å². The van der Waals surface area contributed by atoms with Crippen LogP contribution in [0.4, 0.5) is 14.9 Å². The lowest BCUT2D eigenvalue weighted by molar-refractivity contribution is -0.155. The van der Waals surface area contributed by atoms with Crippen LogP contribution in [0.5, 0.6) is 0 Å². The molecule has 1 aliphatic heterocycles. The number of rotatable bonds is 5. The number of urea groups is 1. The Bertz CT molecular complexity index is 783. The van der Waals surface area contributed by atoms with E-state index in [1.54, 1.807) is 0 Å². The first-order valence-electron chi connectivity index (χ1n) is 7.61. The summed E-state index contributed by atoms with van der Waals surface area (Å²) in [6.07, 6.45) is -1.22. The second-order valence-electron chi connectivity index (χ2n) is 6.19. The summed E-state index contributed by atoms with van der Waals surface area (Å²) in [5.41, 5.74) is -0.962. The van der Waals surface area contributed by atoms with E-state index in [1.807, 2.05) is 0 Å². The predicted octanol–water partition coefficient (Wildman–Crippen LogP) is 1.68. The van der Waals surface area contributed by atoms with Crippen molar-refractivity contribution in [2.24, 2.45) is 0 Å². The fourth-order valence-corrected chi connectivity index (χ4v) is 2.42. The first-order chi connectivity index (χ1) is 12.0. The predicted molar refractivity (Wildman–Crippen MR) is 89.9 cm³/mol. The average Bonchev–Trinajstić information content (AvgIpc) is 2.71. The molecule has 0 saturated carbocycles. The maximum atomic E-state index is 13.0. The number of hydrogen-bond acceptors (Lipinski definition) is 5. The number of nitrogens with zero attached hydrogens (tertiary/aromatic N) is 1. The summed E-state index contributed by atoms with van der Waals surface area (Å²) in [5, 5.41) is 4.80. The standard InChI is InChI=1S/C16H17ClFN3O5/c1-8(13(23)19-11-5-4-9(18)6-10(11)17)26-12(22)7-21-14(24)16(2,3)20-15(21)25/h4-6,8H,7H2,1-3H3,(H,19,23)(H,20,25)/t8-/m1/s1. The number of nitrogens with one attached hydrogen (secondary N) is 2. The molecule has 4 amide bonds. The lowest BCUT2D eigenvalue weighted by Gasteiger charge is -2.17. The van der Waals surface area contributed by atoms with E-state index in [0.29, 0.717) is 4.90 Å². The topological polar surface area (TPSA) is 105 Å². The van der Waals surface area contributed by atoms with Crippen LogP contribution in [0.1, 0.15) is 20.8 Å². The van der Waals surface area contributed by atoms with Crippen molar-refractivity contribution >= 4 is 41.1 Å². The molecule has 0 aliphatic carbocycles. The van der Waals surface area contributed by atoms with Gasteiger partial charge in [0.1, 0.15) is 17.9 Å². The van der Waals surface area contributed by atoms with Crippen LogP contribution in [0, 0.1) is 5.82 Å². The molecule has 1 aromatic rings. The van der Waals surface area contributed by atoms with Crippen molar-refractivity contribution in [2.45, 2.75) is 32.4 Å². The molecular weight excluding hydrogens is 369 g/mol. The number of ether oxygens (including phenoxy) is 1. The Balaban J connectivity index is 1.93. The largest absolute Gasteiger partial charge is 0.451 e. The molecule has 2 rings (SSSR count). The summed E-state index contributed by atoms with van der Waals surface area (Å²) in [6, 6.07) is 2.68. The first kappa shape index (κ1) is 19.6. The van der Waals surface area contributed by atoms with E-state index in [0.717, 1.165) is 12.1 Å². The highest BCUT2D eigenvalue weighted by Crippen LogP contribution is 2.22. The highest BCUT2D eigenvalue weighted by molar-refractivity contribution is 6.33.